The van der Waals surface area contributed by atoms with Gasteiger partial charge in [0.15, 0.2) is 0 Å². The molecule has 0 spiro atoms. The number of nitrogens with zero attached hydrogens (tertiary/aromatic N) is 3. The Morgan fingerprint density at radius 1 is 1.29 bits per heavy atom. The van der Waals surface area contributed by atoms with Crippen LogP contribution in [0.2, 0.25) is 5.15 Å². The van der Waals surface area contributed by atoms with Crippen molar-refractivity contribution >= 4 is 33.2 Å². The first kappa shape index (κ1) is 15.2. The normalized spacial score (nSPS) is 23.0. The van der Waals surface area contributed by atoms with E-state index in [0.29, 0.717) is 11.2 Å². The van der Waals surface area contributed by atoms with Crippen LogP contribution in [0.3, 0.4) is 0 Å². The van der Waals surface area contributed by atoms with Gasteiger partial charge >= 0.3 is 0 Å². The summed E-state index contributed by atoms with van der Waals surface area (Å²) in [5, 5.41) is 3.57. The van der Waals surface area contributed by atoms with Gasteiger partial charge in [0, 0.05) is 11.4 Å². The number of aromatic nitrogens is 2. The van der Waals surface area contributed by atoms with Gasteiger partial charge in [0.2, 0.25) is 0 Å². The van der Waals surface area contributed by atoms with Crippen LogP contribution in [0.1, 0.15) is 44.9 Å². The van der Waals surface area contributed by atoms with E-state index in [1.807, 2.05) is 11.4 Å². The third kappa shape index (κ3) is 3.38. The van der Waals surface area contributed by atoms with Gasteiger partial charge in [-0.2, -0.15) is 0 Å². The van der Waals surface area contributed by atoms with Crippen LogP contribution in [0.15, 0.2) is 11.4 Å². The minimum absolute atomic E-state index is 0.583. The van der Waals surface area contributed by atoms with Crippen molar-refractivity contribution in [1.29, 1.82) is 0 Å². The molecule has 114 valence electrons. The molecule has 0 radical (unpaired) electrons. The summed E-state index contributed by atoms with van der Waals surface area (Å²) in [7, 11) is 2.19. The van der Waals surface area contributed by atoms with E-state index in [9.17, 15) is 0 Å². The quantitative estimate of drug-likeness (QED) is 0.761. The van der Waals surface area contributed by atoms with Crippen molar-refractivity contribution in [2.45, 2.75) is 51.6 Å². The van der Waals surface area contributed by atoms with E-state index in [2.05, 4.69) is 28.8 Å². The molecule has 1 aliphatic rings. The average molecular weight is 324 g/mol. The lowest BCUT2D eigenvalue weighted by atomic mass is 9.84. The van der Waals surface area contributed by atoms with Crippen molar-refractivity contribution in [1.82, 2.24) is 14.9 Å². The van der Waals surface area contributed by atoms with Gasteiger partial charge < -0.3 is 0 Å². The zero-order chi connectivity index (χ0) is 14.8. The molecule has 2 aromatic heterocycles. The average Bonchev–Trinajstić information content (AvgIpc) is 2.96. The van der Waals surface area contributed by atoms with Gasteiger partial charge in [-0.1, -0.05) is 24.9 Å². The smallest absolute Gasteiger partial charge is 0.145 e. The van der Waals surface area contributed by atoms with E-state index in [1.54, 1.807) is 11.3 Å². The van der Waals surface area contributed by atoms with Crippen LogP contribution in [-0.2, 0) is 6.54 Å². The summed E-state index contributed by atoms with van der Waals surface area (Å²) in [6.07, 6.45) is 6.63. The SMILES string of the molecule is CCC1CCC(N(C)Cc2nc(Cl)c3ccsc3n2)CC1. The number of rotatable bonds is 4. The van der Waals surface area contributed by atoms with Crippen LogP contribution in [0, 0.1) is 5.92 Å². The van der Waals surface area contributed by atoms with Crippen LogP contribution in [0.25, 0.3) is 10.2 Å². The fraction of sp³-hybridized carbons (Fsp3) is 0.625. The van der Waals surface area contributed by atoms with Crippen molar-refractivity contribution in [2.24, 2.45) is 5.92 Å². The van der Waals surface area contributed by atoms with Crippen LogP contribution in [-0.4, -0.2) is 28.0 Å². The second-order valence-corrected chi connectivity index (χ2v) is 7.32. The lowest BCUT2D eigenvalue weighted by Gasteiger charge is -2.34. The Kier molecular flexibility index (Phi) is 4.77. The van der Waals surface area contributed by atoms with E-state index >= 15 is 0 Å². The third-order valence-electron chi connectivity index (χ3n) is 4.73. The second-order valence-electron chi connectivity index (χ2n) is 6.07. The van der Waals surface area contributed by atoms with Gasteiger partial charge in [-0.3, -0.25) is 4.90 Å². The Labute approximate surface area is 135 Å². The summed E-state index contributed by atoms with van der Waals surface area (Å²) in [4.78, 5) is 12.5. The number of fused-ring (bicyclic) bond motifs is 1. The van der Waals surface area contributed by atoms with Crippen LogP contribution < -0.4 is 0 Å². The van der Waals surface area contributed by atoms with Gasteiger partial charge in [0.25, 0.3) is 0 Å². The Morgan fingerprint density at radius 2 is 2.05 bits per heavy atom. The maximum Gasteiger partial charge on any atom is 0.145 e. The highest BCUT2D eigenvalue weighted by molar-refractivity contribution is 7.16. The molecule has 1 saturated carbocycles. The highest BCUT2D eigenvalue weighted by Gasteiger charge is 2.23. The van der Waals surface area contributed by atoms with Crippen LogP contribution in [0.5, 0.6) is 0 Å². The fourth-order valence-electron chi connectivity index (χ4n) is 3.28. The zero-order valence-electron chi connectivity index (χ0n) is 12.7. The van der Waals surface area contributed by atoms with Gasteiger partial charge in [0.05, 0.1) is 6.54 Å². The first-order valence-corrected chi connectivity index (χ1v) is 9.03. The van der Waals surface area contributed by atoms with E-state index < -0.39 is 0 Å². The molecule has 1 aliphatic carbocycles. The molecule has 0 aromatic carbocycles. The summed E-state index contributed by atoms with van der Waals surface area (Å²) >= 11 is 7.88. The molecule has 0 saturated heterocycles. The first-order valence-electron chi connectivity index (χ1n) is 7.77. The molecule has 3 rings (SSSR count). The van der Waals surface area contributed by atoms with Crippen molar-refractivity contribution in [3.05, 3.63) is 22.4 Å². The molecule has 0 N–H and O–H groups in total. The van der Waals surface area contributed by atoms with Crippen LogP contribution in [0.4, 0.5) is 0 Å². The molecule has 2 heterocycles. The molecular formula is C16H22ClN3S. The molecule has 0 bridgehead atoms. The van der Waals surface area contributed by atoms with Crippen molar-refractivity contribution in [3.8, 4) is 0 Å². The predicted molar refractivity (Wildman–Crippen MR) is 89.9 cm³/mol. The lowest BCUT2D eigenvalue weighted by molar-refractivity contribution is 0.155. The Bertz CT molecular complexity index is 605. The molecule has 2 aromatic rings. The molecule has 1 fully saturated rings. The second kappa shape index (κ2) is 6.59. The number of hydrogen-bond acceptors (Lipinski definition) is 4. The monoisotopic (exact) mass is 323 g/mol. The maximum atomic E-state index is 6.25. The minimum Gasteiger partial charge on any atom is -0.296 e. The largest absolute Gasteiger partial charge is 0.296 e. The number of thiophene rings is 1. The number of halogens is 1. The van der Waals surface area contributed by atoms with Gasteiger partial charge in [0.1, 0.15) is 15.8 Å². The van der Waals surface area contributed by atoms with Crippen molar-refractivity contribution in [3.63, 3.8) is 0 Å². The Balaban J connectivity index is 1.67. The fourth-order valence-corrected chi connectivity index (χ4v) is 4.37. The lowest BCUT2D eigenvalue weighted by Crippen LogP contribution is -2.35. The summed E-state index contributed by atoms with van der Waals surface area (Å²) in [6.45, 7) is 3.09. The molecule has 21 heavy (non-hydrogen) atoms. The minimum atomic E-state index is 0.583. The molecule has 3 nitrogen and oxygen atoms in total. The highest BCUT2D eigenvalue weighted by atomic mass is 35.5. The third-order valence-corrected chi connectivity index (χ3v) is 5.83. The molecule has 5 heteroatoms. The molecule has 0 atom stereocenters. The zero-order valence-corrected chi connectivity index (χ0v) is 14.3. The van der Waals surface area contributed by atoms with Crippen LogP contribution >= 0.6 is 22.9 Å². The van der Waals surface area contributed by atoms with Crippen molar-refractivity contribution in [2.75, 3.05) is 7.05 Å². The van der Waals surface area contributed by atoms with E-state index in [0.717, 1.165) is 28.5 Å². The van der Waals surface area contributed by atoms with E-state index in [1.165, 1.54) is 32.1 Å². The molecular weight excluding hydrogens is 302 g/mol. The first-order chi connectivity index (χ1) is 10.2. The highest BCUT2D eigenvalue weighted by Crippen LogP contribution is 2.30. The predicted octanol–water partition coefficient (Wildman–Crippen LogP) is 4.75. The summed E-state index contributed by atoms with van der Waals surface area (Å²) < 4.78 is 0. The van der Waals surface area contributed by atoms with Crippen molar-refractivity contribution < 1.29 is 0 Å². The Morgan fingerprint density at radius 3 is 2.76 bits per heavy atom. The Hall–Kier alpha value is -0.710. The number of hydrogen-bond donors (Lipinski definition) is 0. The molecule has 0 unspecified atom stereocenters. The van der Waals surface area contributed by atoms with Gasteiger partial charge in [-0.15, -0.1) is 11.3 Å². The summed E-state index contributed by atoms with van der Waals surface area (Å²) in [5.74, 6) is 1.78. The van der Waals surface area contributed by atoms with Gasteiger partial charge in [-0.25, -0.2) is 9.97 Å². The molecule has 0 amide bonds. The van der Waals surface area contributed by atoms with E-state index in [-0.39, 0.29) is 0 Å². The summed E-state index contributed by atoms with van der Waals surface area (Å²) in [6, 6.07) is 2.65. The summed E-state index contributed by atoms with van der Waals surface area (Å²) in [5.41, 5.74) is 0. The topological polar surface area (TPSA) is 29.0 Å². The maximum absolute atomic E-state index is 6.25. The molecule has 0 aliphatic heterocycles. The standard InChI is InChI=1S/C16H22ClN3S/c1-3-11-4-6-12(7-5-11)20(2)10-14-18-15(17)13-8-9-21-16(13)19-14/h8-9,11-12H,3-7,10H2,1-2H3. The van der Waals surface area contributed by atoms with Gasteiger partial charge in [-0.05, 0) is 50.1 Å². The van der Waals surface area contributed by atoms with E-state index in [4.69, 9.17) is 11.6 Å².